The smallest absolute Gasteiger partial charge is 0.335 e. The van der Waals surface area contributed by atoms with Crippen molar-refractivity contribution < 1.29 is 14.7 Å². The van der Waals surface area contributed by atoms with Crippen molar-refractivity contribution in [2.24, 2.45) is 0 Å². The van der Waals surface area contributed by atoms with Crippen molar-refractivity contribution in [3.8, 4) is 0 Å². The van der Waals surface area contributed by atoms with Gasteiger partial charge in [-0.15, -0.1) is 0 Å². The Labute approximate surface area is 129 Å². The molecule has 21 heavy (non-hydrogen) atoms. The molecule has 1 aromatic rings. The van der Waals surface area contributed by atoms with Crippen molar-refractivity contribution in [1.82, 2.24) is 4.90 Å². The predicted molar refractivity (Wildman–Crippen MR) is 84.0 cm³/mol. The van der Waals surface area contributed by atoms with Crippen LogP contribution in [0.4, 0.5) is 5.69 Å². The number of carboxylic acids is 1. The van der Waals surface area contributed by atoms with E-state index in [2.05, 4.69) is 19.2 Å². The number of nitrogens with one attached hydrogen (secondary N) is 1. The van der Waals surface area contributed by atoms with Gasteiger partial charge in [-0.3, -0.25) is 9.69 Å². The number of anilines is 1. The van der Waals surface area contributed by atoms with Gasteiger partial charge in [0.25, 0.3) is 0 Å². The number of hydrogen-bond acceptors (Lipinski definition) is 3. The minimum Gasteiger partial charge on any atom is -0.478 e. The molecule has 116 valence electrons. The van der Waals surface area contributed by atoms with Crippen LogP contribution in [0.25, 0.3) is 0 Å². The number of carboxylic acid groups (broad SMARTS) is 1. The molecule has 0 aliphatic rings. The predicted octanol–water partition coefficient (Wildman–Crippen LogP) is 3.10. The second kappa shape index (κ2) is 8.00. The average Bonchev–Trinajstić information content (AvgIpc) is 2.42. The summed E-state index contributed by atoms with van der Waals surface area (Å²) < 4.78 is 0. The summed E-state index contributed by atoms with van der Waals surface area (Å²) in [5, 5.41) is 11.9. The Balaban J connectivity index is 2.75. The Morgan fingerprint density at radius 2 is 1.95 bits per heavy atom. The van der Waals surface area contributed by atoms with Gasteiger partial charge in [-0.2, -0.15) is 0 Å². The van der Waals surface area contributed by atoms with Crippen LogP contribution in [0.3, 0.4) is 0 Å². The first-order valence-corrected chi connectivity index (χ1v) is 7.29. The zero-order valence-corrected chi connectivity index (χ0v) is 13.3. The van der Waals surface area contributed by atoms with E-state index in [9.17, 15) is 9.59 Å². The summed E-state index contributed by atoms with van der Waals surface area (Å²) in [6, 6.07) is 4.57. The minimum absolute atomic E-state index is 0.0862. The van der Waals surface area contributed by atoms with Crippen LogP contribution < -0.4 is 5.32 Å². The van der Waals surface area contributed by atoms with Crippen LogP contribution in [0.2, 0.25) is 5.02 Å². The molecule has 2 N–H and O–H groups in total. The highest BCUT2D eigenvalue weighted by molar-refractivity contribution is 6.33. The van der Waals surface area contributed by atoms with Gasteiger partial charge in [-0.05, 0) is 38.1 Å². The molecule has 0 unspecified atom stereocenters. The largest absolute Gasteiger partial charge is 0.478 e. The molecule has 0 bridgehead atoms. The van der Waals surface area contributed by atoms with Crippen LogP contribution in [0.1, 0.15) is 37.0 Å². The maximum atomic E-state index is 12.0. The first kappa shape index (κ1) is 17.5. The molecule has 6 heteroatoms. The molecule has 0 fully saturated rings. The van der Waals surface area contributed by atoms with E-state index in [1.807, 2.05) is 11.9 Å². The van der Waals surface area contributed by atoms with Crippen molar-refractivity contribution in [2.75, 3.05) is 18.9 Å². The molecule has 1 aromatic carbocycles. The number of aromatic carboxylic acids is 1. The van der Waals surface area contributed by atoms with Crippen molar-refractivity contribution >= 4 is 29.2 Å². The van der Waals surface area contributed by atoms with Gasteiger partial charge in [0.05, 0.1) is 22.8 Å². The lowest BCUT2D eigenvalue weighted by molar-refractivity contribution is -0.117. The quantitative estimate of drug-likeness (QED) is 0.811. The van der Waals surface area contributed by atoms with Gasteiger partial charge in [0.2, 0.25) is 5.91 Å². The standard InChI is InChI=1S/C15H21ClN2O3/c1-4-11(5-2)18(3)9-14(19)17-13-8-10(15(20)21)6-7-12(13)16/h6-8,11H,4-5,9H2,1-3H3,(H,17,19)(H,20,21). The highest BCUT2D eigenvalue weighted by Gasteiger charge is 2.15. The zero-order chi connectivity index (χ0) is 16.0. The Hall–Kier alpha value is -1.59. The Bertz CT molecular complexity index is 516. The molecule has 0 saturated carbocycles. The Morgan fingerprint density at radius 3 is 2.48 bits per heavy atom. The van der Waals surface area contributed by atoms with Crippen LogP contribution in [0.15, 0.2) is 18.2 Å². The number of amides is 1. The van der Waals surface area contributed by atoms with Gasteiger partial charge in [0, 0.05) is 6.04 Å². The monoisotopic (exact) mass is 312 g/mol. The highest BCUT2D eigenvalue weighted by Crippen LogP contribution is 2.23. The van der Waals surface area contributed by atoms with Gasteiger partial charge in [0.15, 0.2) is 0 Å². The van der Waals surface area contributed by atoms with Crippen LogP contribution in [-0.4, -0.2) is 41.5 Å². The summed E-state index contributed by atoms with van der Waals surface area (Å²) in [6.07, 6.45) is 1.94. The SMILES string of the molecule is CCC(CC)N(C)CC(=O)Nc1cc(C(=O)O)ccc1Cl. The molecule has 0 heterocycles. The fourth-order valence-electron chi connectivity index (χ4n) is 2.21. The first-order chi connectivity index (χ1) is 9.88. The number of likely N-dealkylation sites (N-methyl/N-ethyl adjacent to an activating group) is 1. The van der Waals surface area contributed by atoms with Crippen LogP contribution in [0.5, 0.6) is 0 Å². The first-order valence-electron chi connectivity index (χ1n) is 6.91. The minimum atomic E-state index is -1.06. The summed E-state index contributed by atoms with van der Waals surface area (Å²) in [5.41, 5.74) is 0.405. The third-order valence-electron chi connectivity index (χ3n) is 3.45. The lowest BCUT2D eigenvalue weighted by atomic mass is 10.1. The molecule has 0 aromatic heterocycles. The number of benzene rings is 1. The Morgan fingerprint density at radius 1 is 1.33 bits per heavy atom. The van der Waals surface area contributed by atoms with Crippen LogP contribution >= 0.6 is 11.6 Å². The number of hydrogen-bond donors (Lipinski definition) is 2. The van der Waals surface area contributed by atoms with E-state index in [1.165, 1.54) is 18.2 Å². The van der Waals surface area contributed by atoms with Gasteiger partial charge in [-0.1, -0.05) is 25.4 Å². The fraction of sp³-hybridized carbons (Fsp3) is 0.467. The van der Waals surface area contributed by atoms with Crippen LogP contribution in [-0.2, 0) is 4.79 Å². The molecular weight excluding hydrogens is 292 g/mol. The number of halogens is 1. The van der Waals surface area contributed by atoms with E-state index in [-0.39, 0.29) is 18.0 Å². The van der Waals surface area contributed by atoms with Gasteiger partial charge in [-0.25, -0.2) is 4.79 Å². The maximum absolute atomic E-state index is 12.0. The Kier molecular flexibility index (Phi) is 6.65. The molecule has 0 saturated heterocycles. The topological polar surface area (TPSA) is 69.6 Å². The van der Waals surface area contributed by atoms with Gasteiger partial charge < -0.3 is 10.4 Å². The van der Waals surface area contributed by atoms with Gasteiger partial charge in [0.1, 0.15) is 0 Å². The van der Waals surface area contributed by atoms with E-state index in [4.69, 9.17) is 16.7 Å². The number of rotatable bonds is 7. The number of carbonyl (C=O) groups is 2. The molecule has 1 amide bonds. The molecule has 5 nitrogen and oxygen atoms in total. The summed E-state index contributed by atoms with van der Waals surface area (Å²) in [6.45, 7) is 4.39. The molecule has 1 rings (SSSR count). The average molecular weight is 313 g/mol. The third-order valence-corrected chi connectivity index (χ3v) is 3.78. The van der Waals surface area contributed by atoms with E-state index in [1.54, 1.807) is 0 Å². The summed E-state index contributed by atoms with van der Waals surface area (Å²) in [5.74, 6) is -1.27. The fourth-order valence-corrected chi connectivity index (χ4v) is 2.38. The lowest BCUT2D eigenvalue weighted by Gasteiger charge is -2.25. The summed E-state index contributed by atoms with van der Waals surface area (Å²) in [4.78, 5) is 24.9. The van der Waals surface area contributed by atoms with E-state index >= 15 is 0 Å². The van der Waals surface area contributed by atoms with Gasteiger partial charge >= 0.3 is 5.97 Å². The second-order valence-electron chi connectivity index (χ2n) is 4.93. The van der Waals surface area contributed by atoms with Crippen molar-refractivity contribution in [3.63, 3.8) is 0 Å². The lowest BCUT2D eigenvalue weighted by Crippen LogP contribution is -2.37. The molecule has 0 aliphatic carbocycles. The van der Waals surface area contributed by atoms with Crippen LogP contribution in [0, 0.1) is 0 Å². The molecule has 0 radical (unpaired) electrons. The van der Waals surface area contributed by atoms with Crippen molar-refractivity contribution in [2.45, 2.75) is 32.7 Å². The van der Waals surface area contributed by atoms with Crippen molar-refractivity contribution in [3.05, 3.63) is 28.8 Å². The number of nitrogens with zero attached hydrogens (tertiary/aromatic N) is 1. The van der Waals surface area contributed by atoms with Crippen molar-refractivity contribution in [1.29, 1.82) is 0 Å². The molecule has 0 spiro atoms. The molecule has 0 atom stereocenters. The number of carbonyl (C=O) groups excluding carboxylic acids is 1. The normalized spacial score (nSPS) is 11.0. The van der Waals surface area contributed by atoms with E-state index in [0.29, 0.717) is 16.8 Å². The molecular formula is C15H21ClN2O3. The maximum Gasteiger partial charge on any atom is 0.335 e. The summed E-state index contributed by atoms with van der Waals surface area (Å²) >= 11 is 5.98. The zero-order valence-electron chi connectivity index (χ0n) is 12.5. The molecule has 0 aliphatic heterocycles. The van der Waals surface area contributed by atoms with E-state index < -0.39 is 5.97 Å². The van der Waals surface area contributed by atoms with E-state index in [0.717, 1.165) is 12.8 Å². The second-order valence-corrected chi connectivity index (χ2v) is 5.34. The summed E-state index contributed by atoms with van der Waals surface area (Å²) in [7, 11) is 1.90. The third kappa shape index (κ3) is 5.02. The highest BCUT2D eigenvalue weighted by atomic mass is 35.5.